The number of hydrogen-bond acceptors (Lipinski definition) is 5. The molecule has 0 bridgehead atoms. The molecular formula is C20H25N5. The van der Waals surface area contributed by atoms with Gasteiger partial charge in [0.05, 0.1) is 11.6 Å². The molecule has 5 nitrogen and oxygen atoms in total. The third-order valence-corrected chi connectivity index (χ3v) is 4.73. The van der Waals surface area contributed by atoms with E-state index in [9.17, 15) is 5.26 Å². The van der Waals surface area contributed by atoms with Crippen molar-refractivity contribution in [1.29, 1.82) is 5.26 Å². The van der Waals surface area contributed by atoms with Gasteiger partial charge in [0, 0.05) is 30.0 Å². The van der Waals surface area contributed by atoms with E-state index in [1.54, 1.807) is 0 Å². The van der Waals surface area contributed by atoms with Crippen LogP contribution in [0.1, 0.15) is 49.9 Å². The molecule has 1 atom stereocenters. The number of nitriles is 1. The zero-order valence-electron chi connectivity index (χ0n) is 15.2. The van der Waals surface area contributed by atoms with Crippen molar-refractivity contribution in [1.82, 2.24) is 9.97 Å². The minimum atomic E-state index is 0.516. The van der Waals surface area contributed by atoms with Crippen LogP contribution < -0.4 is 10.2 Å². The summed E-state index contributed by atoms with van der Waals surface area (Å²) in [6.07, 6.45) is 4.40. The summed E-state index contributed by atoms with van der Waals surface area (Å²) in [4.78, 5) is 11.8. The van der Waals surface area contributed by atoms with Gasteiger partial charge in [0.25, 0.3) is 0 Å². The fourth-order valence-electron chi connectivity index (χ4n) is 3.29. The molecule has 0 unspecified atom stereocenters. The van der Waals surface area contributed by atoms with Crippen LogP contribution in [-0.4, -0.2) is 22.6 Å². The Balaban J connectivity index is 1.92. The summed E-state index contributed by atoms with van der Waals surface area (Å²) in [7, 11) is 0. The minimum absolute atomic E-state index is 0.516. The van der Waals surface area contributed by atoms with Gasteiger partial charge in [-0.05, 0) is 50.8 Å². The van der Waals surface area contributed by atoms with E-state index in [-0.39, 0.29) is 0 Å². The lowest BCUT2D eigenvalue weighted by atomic mass is 10.1. The lowest BCUT2D eigenvalue weighted by Gasteiger charge is -2.23. The maximum Gasteiger partial charge on any atom is 0.229 e. The van der Waals surface area contributed by atoms with Crippen LogP contribution in [0, 0.1) is 18.3 Å². The van der Waals surface area contributed by atoms with Crippen LogP contribution in [0.5, 0.6) is 0 Å². The molecular weight excluding hydrogens is 310 g/mol. The van der Waals surface area contributed by atoms with Crippen LogP contribution in [0.4, 0.5) is 17.5 Å². The van der Waals surface area contributed by atoms with Crippen molar-refractivity contribution in [3.8, 4) is 6.07 Å². The molecule has 1 aliphatic heterocycles. The summed E-state index contributed by atoms with van der Waals surface area (Å²) in [5, 5.41) is 12.5. The molecule has 2 aromatic rings. The Morgan fingerprint density at radius 3 is 2.84 bits per heavy atom. The molecule has 0 aliphatic carbocycles. The molecule has 0 amide bonds. The lowest BCUT2D eigenvalue weighted by molar-refractivity contribution is 0.724. The maximum atomic E-state index is 9.22. The second-order valence-electron chi connectivity index (χ2n) is 6.74. The summed E-state index contributed by atoms with van der Waals surface area (Å²) < 4.78 is 0. The molecule has 5 heteroatoms. The van der Waals surface area contributed by atoms with Gasteiger partial charge in [0.1, 0.15) is 5.82 Å². The highest BCUT2D eigenvalue weighted by Gasteiger charge is 2.22. The van der Waals surface area contributed by atoms with E-state index in [0.717, 1.165) is 42.1 Å². The van der Waals surface area contributed by atoms with Crippen molar-refractivity contribution in [3.63, 3.8) is 0 Å². The van der Waals surface area contributed by atoms with E-state index in [2.05, 4.69) is 41.2 Å². The predicted octanol–water partition coefficient (Wildman–Crippen LogP) is 4.34. The van der Waals surface area contributed by atoms with Crippen LogP contribution >= 0.6 is 0 Å². The van der Waals surface area contributed by atoms with E-state index in [0.29, 0.717) is 17.6 Å². The Bertz CT molecular complexity index is 793. The number of nitrogens with one attached hydrogen (secondary N) is 1. The van der Waals surface area contributed by atoms with E-state index < -0.39 is 0 Å². The van der Waals surface area contributed by atoms with Gasteiger partial charge in [-0.2, -0.15) is 10.2 Å². The first-order valence-electron chi connectivity index (χ1n) is 9.03. The first-order chi connectivity index (χ1) is 12.1. The summed E-state index contributed by atoms with van der Waals surface area (Å²) >= 11 is 0. The standard InChI is InChI=1S/C20H25N5/c1-4-6-17-12-19(25-10-5-7-15(25)3)24-20(22-17)23-18-9-8-14(2)16(11-18)13-21/h8-9,11-12,15H,4-7,10H2,1-3H3,(H,22,23,24)/t15-/m1/s1. The van der Waals surface area contributed by atoms with Crippen molar-refractivity contribution in [3.05, 3.63) is 41.1 Å². The number of nitrogens with zero attached hydrogens (tertiary/aromatic N) is 4. The van der Waals surface area contributed by atoms with Crippen molar-refractivity contribution >= 4 is 17.5 Å². The Labute approximate surface area is 149 Å². The van der Waals surface area contributed by atoms with Gasteiger partial charge >= 0.3 is 0 Å². The van der Waals surface area contributed by atoms with Gasteiger partial charge < -0.3 is 10.2 Å². The summed E-state index contributed by atoms with van der Waals surface area (Å²) in [6.45, 7) is 7.40. The number of hydrogen-bond donors (Lipinski definition) is 1. The predicted molar refractivity (Wildman–Crippen MR) is 101 cm³/mol. The van der Waals surface area contributed by atoms with Gasteiger partial charge in [0.15, 0.2) is 0 Å². The third-order valence-electron chi connectivity index (χ3n) is 4.73. The van der Waals surface area contributed by atoms with Gasteiger partial charge in [-0.25, -0.2) is 4.98 Å². The molecule has 0 saturated carbocycles. The Morgan fingerprint density at radius 1 is 1.32 bits per heavy atom. The van der Waals surface area contributed by atoms with E-state index in [4.69, 9.17) is 4.98 Å². The fraction of sp³-hybridized carbons (Fsp3) is 0.450. The van der Waals surface area contributed by atoms with Crippen LogP contribution in [0.2, 0.25) is 0 Å². The van der Waals surface area contributed by atoms with Crippen molar-refractivity contribution in [2.45, 2.75) is 52.5 Å². The summed E-state index contributed by atoms with van der Waals surface area (Å²) in [6, 6.07) is 10.6. The zero-order chi connectivity index (χ0) is 17.8. The SMILES string of the molecule is CCCc1cc(N2CCC[C@H]2C)nc(Nc2ccc(C)c(C#N)c2)n1. The fourth-order valence-corrected chi connectivity index (χ4v) is 3.29. The largest absolute Gasteiger partial charge is 0.354 e. The maximum absolute atomic E-state index is 9.22. The molecule has 130 valence electrons. The zero-order valence-corrected chi connectivity index (χ0v) is 15.2. The topological polar surface area (TPSA) is 64.8 Å². The molecule has 3 rings (SSSR count). The van der Waals surface area contributed by atoms with Crippen LogP contribution in [0.15, 0.2) is 24.3 Å². The lowest BCUT2D eigenvalue weighted by Crippen LogP contribution is -2.27. The quantitative estimate of drug-likeness (QED) is 0.880. The number of anilines is 3. The first kappa shape index (κ1) is 17.2. The second kappa shape index (κ2) is 7.52. The van der Waals surface area contributed by atoms with Gasteiger partial charge in [-0.15, -0.1) is 0 Å². The number of aryl methyl sites for hydroxylation is 2. The van der Waals surface area contributed by atoms with Crippen LogP contribution in [0.25, 0.3) is 0 Å². The smallest absolute Gasteiger partial charge is 0.229 e. The molecule has 1 aliphatic rings. The monoisotopic (exact) mass is 335 g/mol. The Hall–Kier alpha value is -2.61. The van der Waals surface area contributed by atoms with Crippen molar-refractivity contribution in [2.75, 3.05) is 16.8 Å². The van der Waals surface area contributed by atoms with Crippen LogP contribution in [0.3, 0.4) is 0 Å². The molecule has 1 N–H and O–H groups in total. The Kier molecular flexibility index (Phi) is 5.18. The number of rotatable bonds is 5. The molecule has 1 saturated heterocycles. The van der Waals surface area contributed by atoms with E-state index in [1.807, 2.05) is 25.1 Å². The second-order valence-corrected chi connectivity index (χ2v) is 6.74. The van der Waals surface area contributed by atoms with Crippen LogP contribution in [-0.2, 0) is 6.42 Å². The molecule has 0 radical (unpaired) electrons. The van der Waals surface area contributed by atoms with Gasteiger partial charge in [-0.1, -0.05) is 19.4 Å². The molecule has 0 spiro atoms. The highest BCUT2D eigenvalue weighted by Crippen LogP contribution is 2.26. The third kappa shape index (κ3) is 3.90. The number of benzene rings is 1. The van der Waals surface area contributed by atoms with E-state index in [1.165, 1.54) is 12.8 Å². The number of aromatic nitrogens is 2. The minimum Gasteiger partial charge on any atom is -0.354 e. The van der Waals surface area contributed by atoms with Gasteiger partial charge in [0.2, 0.25) is 5.95 Å². The molecule has 2 heterocycles. The van der Waals surface area contributed by atoms with Crippen molar-refractivity contribution < 1.29 is 0 Å². The highest BCUT2D eigenvalue weighted by atomic mass is 15.3. The average Bonchev–Trinajstić information content (AvgIpc) is 3.03. The van der Waals surface area contributed by atoms with E-state index >= 15 is 0 Å². The first-order valence-corrected chi connectivity index (χ1v) is 9.03. The van der Waals surface area contributed by atoms with Crippen molar-refractivity contribution in [2.24, 2.45) is 0 Å². The summed E-state index contributed by atoms with van der Waals surface area (Å²) in [5.41, 5.74) is 3.54. The van der Waals surface area contributed by atoms with Gasteiger partial charge in [-0.3, -0.25) is 0 Å². The summed E-state index contributed by atoms with van der Waals surface area (Å²) in [5.74, 6) is 1.60. The molecule has 1 aromatic carbocycles. The normalized spacial score (nSPS) is 16.7. The highest BCUT2D eigenvalue weighted by molar-refractivity contribution is 5.59. The Morgan fingerprint density at radius 2 is 2.16 bits per heavy atom. The molecule has 25 heavy (non-hydrogen) atoms. The average molecular weight is 335 g/mol. The molecule has 1 fully saturated rings. The molecule has 1 aromatic heterocycles.